The molecule has 1 heterocycles. The molecule has 0 aliphatic rings. The largest absolute Gasteiger partial charge is 0.281 e. The van der Waals surface area contributed by atoms with Crippen molar-refractivity contribution >= 4 is 22.5 Å². The van der Waals surface area contributed by atoms with Gasteiger partial charge < -0.3 is 0 Å². The number of nitrogens with zero attached hydrogens (tertiary/aromatic N) is 1. The summed E-state index contributed by atoms with van der Waals surface area (Å²) < 4.78 is 0. The number of nitrogens with one attached hydrogen (secondary N) is 1. The smallest absolute Gasteiger partial charge is 0.0938 e. The number of benzene rings is 1. The van der Waals surface area contributed by atoms with Crippen LogP contribution in [0.15, 0.2) is 18.2 Å². The quantitative estimate of drug-likeness (QED) is 0.705. The van der Waals surface area contributed by atoms with E-state index in [1.165, 1.54) is 0 Å². The van der Waals surface area contributed by atoms with Gasteiger partial charge in [0.05, 0.1) is 5.52 Å². The van der Waals surface area contributed by atoms with Gasteiger partial charge in [0.15, 0.2) is 0 Å². The summed E-state index contributed by atoms with van der Waals surface area (Å²) in [6, 6.07) is 5.79. The molecule has 74 valence electrons. The van der Waals surface area contributed by atoms with Crippen LogP contribution in [0.4, 0.5) is 0 Å². The number of rotatable bonds is 0. The van der Waals surface area contributed by atoms with E-state index in [0.29, 0.717) is 0 Å². The molecule has 0 saturated heterocycles. The fourth-order valence-corrected chi connectivity index (χ4v) is 1.72. The van der Waals surface area contributed by atoms with Crippen LogP contribution in [0.5, 0.6) is 0 Å². The average Bonchev–Trinajstić information content (AvgIpc) is 2.45. The molecule has 3 heteroatoms. The monoisotopic (exact) mass is 208 g/mol. The predicted molar refractivity (Wildman–Crippen MR) is 59.8 cm³/mol. The van der Waals surface area contributed by atoms with E-state index in [9.17, 15) is 0 Å². The summed E-state index contributed by atoms with van der Waals surface area (Å²) in [5.41, 5.74) is 2.18. The Balaban J connectivity index is 2.70. The molecule has 1 aromatic heterocycles. The van der Waals surface area contributed by atoms with Gasteiger partial charge in [0.1, 0.15) is 0 Å². The van der Waals surface area contributed by atoms with E-state index in [1.807, 2.05) is 18.2 Å². The molecule has 0 amide bonds. The molecule has 0 unspecified atom stereocenters. The van der Waals surface area contributed by atoms with Crippen molar-refractivity contribution in [2.24, 2.45) is 0 Å². The fourth-order valence-electron chi connectivity index (χ4n) is 1.56. The first-order chi connectivity index (χ1) is 6.48. The number of hydrogen-bond acceptors (Lipinski definition) is 1. The molecule has 2 rings (SSSR count). The van der Waals surface area contributed by atoms with E-state index in [0.717, 1.165) is 21.6 Å². The lowest BCUT2D eigenvalue weighted by Crippen LogP contribution is -2.11. The van der Waals surface area contributed by atoms with Crippen molar-refractivity contribution < 1.29 is 0 Å². The van der Waals surface area contributed by atoms with Crippen molar-refractivity contribution in [3.63, 3.8) is 0 Å². The Morgan fingerprint density at radius 2 is 2.00 bits per heavy atom. The van der Waals surface area contributed by atoms with E-state index in [2.05, 4.69) is 31.0 Å². The van der Waals surface area contributed by atoms with E-state index < -0.39 is 0 Å². The van der Waals surface area contributed by atoms with Gasteiger partial charge in [0.25, 0.3) is 0 Å². The third-order valence-electron chi connectivity index (χ3n) is 2.27. The van der Waals surface area contributed by atoms with Gasteiger partial charge in [-0.3, -0.25) is 5.10 Å². The molecule has 0 spiro atoms. The third kappa shape index (κ3) is 1.50. The highest BCUT2D eigenvalue weighted by atomic mass is 35.5. The van der Waals surface area contributed by atoms with Gasteiger partial charge >= 0.3 is 0 Å². The maximum atomic E-state index is 5.89. The molecule has 0 aliphatic carbocycles. The first kappa shape index (κ1) is 9.53. The Morgan fingerprint density at radius 3 is 2.64 bits per heavy atom. The molecular formula is C11H13ClN2. The minimum atomic E-state index is 0.0859. The van der Waals surface area contributed by atoms with Gasteiger partial charge in [-0.15, -0.1) is 0 Å². The predicted octanol–water partition coefficient (Wildman–Crippen LogP) is 3.51. The minimum absolute atomic E-state index is 0.0859. The number of hydrogen-bond donors (Lipinski definition) is 1. The average molecular weight is 209 g/mol. The summed E-state index contributed by atoms with van der Waals surface area (Å²) in [5.74, 6) is 0. The van der Waals surface area contributed by atoms with Crippen molar-refractivity contribution in [1.82, 2.24) is 10.2 Å². The van der Waals surface area contributed by atoms with E-state index in [-0.39, 0.29) is 5.41 Å². The number of fused-ring (bicyclic) bond motifs is 1. The second-order valence-corrected chi connectivity index (χ2v) is 4.95. The number of H-pyrrole nitrogens is 1. The molecule has 0 atom stereocenters. The van der Waals surface area contributed by atoms with Crippen LogP contribution in [0.1, 0.15) is 26.5 Å². The Morgan fingerprint density at radius 1 is 1.29 bits per heavy atom. The summed E-state index contributed by atoms with van der Waals surface area (Å²) in [5, 5.41) is 9.19. The molecule has 0 aliphatic heterocycles. The highest BCUT2D eigenvalue weighted by Gasteiger charge is 2.19. The van der Waals surface area contributed by atoms with Crippen molar-refractivity contribution in [3.05, 3.63) is 28.9 Å². The maximum absolute atomic E-state index is 5.89. The van der Waals surface area contributed by atoms with Crippen LogP contribution in [0.25, 0.3) is 10.9 Å². The first-order valence-electron chi connectivity index (χ1n) is 4.62. The van der Waals surface area contributed by atoms with E-state index in [1.54, 1.807) is 0 Å². The van der Waals surface area contributed by atoms with Crippen LogP contribution >= 0.6 is 11.6 Å². The lowest BCUT2D eigenvalue weighted by atomic mass is 9.90. The lowest BCUT2D eigenvalue weighted by Gasteiger charge is -2.16. The van der Waals surface area contributed by atoms with Crippen LogP contribution in [0, 0.1) is 0 Å². The number of halogens is 1. The lowest BCUT2D eigenvalue weighted by molar-refractivity contribution is 0.571. The van der Waals surface area contributed by atoms with Crippen LogP contribution in [0.2, 0.25) is 5.02 Å². The minimum Gasteiger partial charge on any atom is -0.281 e. The molecule has 0 radical (unpaired) electrons. The van der Waals surface area contributed by atoms with Crippen LogP contribution in [0.3, 0.4) is 0 Å². The second kappa shape index (κ2) is 2.99. The Kier molecular flexibility index (Phi) is 2.04. The van der Waals surface area contributed by atoms with Crippen molar-refractivity contribution in [2.45, 2.75) is 26.2 Å². The zero-order chi connectivity index (χ0) is 10.3. The first-order valence-corrected chi connectivity index (χ1v) is 5.00. The van der Waals surface area contributed by atoms with Gasteiger partial charge in [-0.2, -0.15) is 5.10 Å². The molecule has 2 nitrogen and oxygen atoms in total. The highest BCUT2D eigenvalue weighted by molar-refractivity contribution is 6.31. The van der Waals surface area contributed by atoms with Gasteiger partial charge in [-0.25, -0.2) is 0 Å². The van der Waals surface area contributed by atoms with Gasteiger partial charge in [0, 0.05) is 21.5 Å². The van der Waals surface area contributed by atoms with Crippen LogP contribution < -0.4 is 0 Å². The Bertz CT molecular complexity index is 466. The number of aromatic amines is 1. The highest BCUT2D eigenvalue weighted by Crippen LogP contribution is 2.28. The molecule has 1 aromatic carbocycles. The normalized spacial score (nSPS) is 12.3. The number of aromatic nitrogens is 2. The Hall–Kier alpha value is -1.02. The SMILES string of the molecule is CC(C)(C)c1[nH]nc2cc(Cl)ccc12. The van der Waals surface area contributed by atoms with E-state index >= 15 is 0 Å². The molecule has 0 bridgehead atoms. The fraction of sp³-hybridized carbons (Fsp3) is 0.364. The van der Waals surface area contributed by atoms with Crippen LogP contribution in [-0.2, 0) is 5.41 Å². The zero-order valence-corrected chi connectivity index (χ0v) is 9.31. The molecule has 1 N–H and O–H groups in total. The molecule has 0 saturated carbocycles. The molecular weight excluding hydrogens is 196 g/mol. The summed E-state index contributed by atoms with van der Waals surface area (Å²) in [6.07, 6.45) is 0. The summed E-state index contributed by atoms with van der Waals surface area (Å²) in [4.78, 5) is 0. The third-order valence-corrected chi connectivity index (χ3v) is 2.50. The second-order valence-electron chi connectivity index (χ2n) is 4.51. The van der Waals surface area contributed by atoms with Crippen LogP contribution in [-0.4, -0.2) is 10.2 Å². The Labute approximate surface area is 88.3 Å². The summed E-state index contributed by atoms with van der Waals surface area (Å²) in [7, 11) is 0. The topological polar surface area (TPSA) is 28.7 Å². The standard InChI is InChI=1S/C11H13ClN2/c1-11(2,3)10-8-5-4-7(12)6-9(8)13-14-10/h4-6H,1-3H3,(H,13,14). The van der Waals surface area contributed by atoms with Crippen molar-refractivity contribution in [1.29, 1.82) is 0 Å². The van der Waals surface area contributed by atoms with Crippen molar-refractivity contribution in [2.75, 3.05) is 0 Å². The van der Waals surface area contributed by atoms with Gasteiger partial charge in [-0.1, -0.05) is 32.4 Å². The molecule has 0 fully saturated rings. The zero-order valence-electron chi connectivity index (χ0n) is 8.56. The molecule has 2 aromatic rings. The molecule has 14 heavy (non-hydrogen) atoms. The van der Waals surface area contributed by atoms with E-state index in [4.69, 9.17) is 11.6 Å². The van der Waals surface area contributed by atoms with Crippen molar-refractivity contribution in [3.8, 4) is 0 Å². The van der Waals surface area contributed by atoms with Gasteiger partial charge in [-0.05, 0) is 18.2 Å². The maximum Gasteiger partial charge on any atom is 0.0938 e. The van der Waals surface area contributed by atoms with Gasteiger partial charge in [0.2, 0.25) is 0 Å². The summed E-state index contributed by atoms with van der Waals surface area (Å²) >= 11 is 5.89. The summed E-state index contributed by atoms with van der Waals surface area (Å²) in [6.45, 7) is 6.48.